The Morgan fingerprint density at radius 2 is 2.17 bits per heavy atom. The number of hydrogen-bond acceptors (Lipinski definition) is 4. The van der Waals surface area contributed by atoms with Crippen LogP contribution in [-0.2, 0) is 11.2 Å². The van der Waals surface area contributed by atoms with Gasteiger partial charge in [0.1, 0.15) is 22.9 Å². The molecule has 0 fully saturated rings. The van der Waals surface area contributed by atoms with Crippen LogP contribution in [-0.4, -0.2) is 13.0 Å². The third-order valence-electron chi connectivity index (χ3n) is 4.24. The minimum Gasteiger partial charge on any atom is -0.497 e. The van der Waals surface area contributed by atoms with Crippen molar-refractivity contribution >= 4 is 16.9 Å². The van der Waals surface area contributed by atoms with Gasteiger partial charge in [-0.2, -0.15) is 0 Å². The summed E-state index contributed by atoms with van der Waals surface area (Å²) in [7, 11) is 1.64. The molecule has 126 valence electrons. The molecule has 2 aromatic heterocycles. The molecule has 3 rings (SSSR count). The minimum absolute atomic E-state index is 0.135. The van der Waals surface area contributed by atoms with Crippen molar-refractivity contribution in [2.45, 2.75) is 32.1 Å². The number of furan rings is 2. The highest BCUT2D eigenvalue weighted by molar-refractivity contribution is 5.84. The zero-order valence-corrected chi connectivity index (χ0v) is 13.9. The topological polar surface area (TPSA) is 78.6 Å². The summed E-state index contributed by atoms with van der Waals surface area (Å²) in [5.41, 5.74) is 7.19. The Labute approximate surface area is 140 Å². The third kappa shape index (κ3) is 3.30. The molecule has 0 radical (unpaired) electrons. The molecular formula is C19H21NO4. The Kier molecular flexibility index (Phi) is 4.60. The monoisotopic (exact) mass is 327 g/mol. The normalized spacial score (nSPS) is 12.4. The second-order valence-corrected chi connectivity index (χ2v) is 5.96. The van der Waals surface area contributed by atoms with Gasteiger partial charge in [0.05, 0.1) is 19.8 Å². The number of nitrogens with two attached hydrogens (primary N) is 1. The number of fused-ring (bicyclic) bond motifs is 1. The zero-order valence-electron chi connectivity index (χ0n) is 13.9. The fourth-order valence-electron chi connectivity index (χ4n) is 3.02. The Hall–Kier alpha value is -2.69. The van der Waals surface area contributed by atoms with Gasteiger partial charge in [-0.05, 0) is 42.7 Å². The van der Waals surface area contributed by atoms with Crippen LogP contribution in [0.3, 0.4) is 0 Å². The highest BCUT2D eigenvalue weighted by atomic mass is 16.5. The molecule has 0 saturated heterocycles. The molecule has 0 bridgehead atoms. The second-order valence-electron chi connectivity index (χ2n) is 5.96. The van der Waals surface area contributed by atoms with Crippen molar-refractivity contribution in [3.8, 4) is 5.75 Å². The molecule has 5 heteroatoms. The lowest BCUT2D eigenvalue weighted by Crippen LogP contribution is -2.11. The van der Waals surface area contributed by atoms with Crippen molar-refractivity contribution < 1.29 is 18.4 Å². The van der Waals surface area contributed by atoms with Crippen LogP contribution in [0.5, 0.6) is 5.75 Å². The number of benzene rings is 1. The van der Waals surface area contributed by atoms with E-state index in [-0.39, 0.29) is 11.8 Å². The number of ether oxygens (including phenoxy) is 1. The number of primary amides is 1. The average molecular weight is 327 g/mol. The maximum absolute atomic E-state index is 11.1. The average Bonchev–Trinajstić information content (AvgIpc) is 3.19. The highest BCUT2D eigenvalue weighted by Crippen LogP contribution is 2.37. The molecule has 3 aromatic rings. The predicted octanol–water partition coefficient (Wildman–Crippen LogP) is 3.99. The van der Waals surface area contributed by atoms with Crippen molar-refractivity contribution in [2.75, 3.05) is 7.11 Å². The van der Waals surface area contributed by atoms with Crippen LogP contribution in [0.15, 0.2) is 45.4 Å². The summed E-state index contributed by atoms with van der Waals surface area (Å²) in [5.74, 6) is 2.31. The van der Waals surface area contributed by atoms with E-state index < -0.39 is 0 Å². The van der Waals surface area contributed by atoms with Gasteiger partial charge in [0.2, 0.25) is 5.91 Å². The Bertz CT molecular complexity index is 833. The van der Waals surface area contributed by atoms with Crippen molar-refractivity contribution in [1.29, 1.82) is 0 Å². The Morgan fingerprint density at radius 3 is 2.83 bits per heavy atom. The number of carbonyl (C=O) groups is 1. The molecule has 0 spiro atoms. The first-order chi connectivity index (χ1) is 11.6. The number of rotatable bonds is 7. The summed E-state index contributed by atoms with van der Waals surface area (Å²) in [6, 6.07) is 9.54. The summed E-state index contributed by atoms with van der Waals surface area (Å²) in [6.45, 7) is 2.08. The molecule has 0 saturated carbocycles. The third-order valence-corrected chi connectivity index (χ3v) is 4.24. The van der Waals surface area contributed by atoms with Gasteiger partial charge in [0, 0.05) is 17.4 Å². The van der Waals surface area contributed by atoms with Gasteiger partial charge in [-0.3, -0.25) is 4.79 Å². The minimum atomic E-state index is -0.292. The number of methoxy groups -OCH3 is 1. The molecule has 5 nitrogen and oxygen atoms in total. The van der Waals surface area contributed by atoms with Crippen LogP contribution in [0, 0.1) is 0 Å². The molecule has 1 unspecified atom stereocenters. The summed E-state index contributed by atoms with van der Waals surface area (Å²) in [6.07, 6.45) is 3.24. The Balaban J connectivity index is 2.04. The molecular weight excluding hydrogens is 306 g/mol. The summed E-state index contributed by atoms with van der Waals surface area (Å²) >= 11 is 0. The van der Waals surface area contributed by atoms with Crippen LogP contribution in [0.1, 0.15) is 42.8 Å². The highest BCUT2D eigenvalue weighted by Gasteiger charge is 2.21. The van der Waals surface area contributed by atoms with Crippen molar-refractivity contribution in [3.63, 3.8) is 0 Å². The Morgan fingerprint density at radius 1 is 1.33 bits per heavy atom. The van der Waals surface area contributed by atoms with E-state index in [2.05, 4.69) is 6.92 Å². The number of hydrogen-bond donors (Lipinski definition) is 1. The van der Waals surface area contributed by atoms with Crippen LogP contribution in [0.2, 0.25) is 0 Å². The van der Waals surface area contributed by atoms with E-state index in [4.69, 9.17) is 19.3 Å². The zero-order chi connectivity index (χ0) is 17.1. The molecule has 1 atom stereocenters. The molecule has 2 heterocycles. The van der Waals surface area contributed by atoms with E-state index in [9.17, 15) is 4.79 Å². The van der Waals surface area contributed by atoms with Crippen molar-refractivity contribution in [3.05, 3.63) is 53.7 Å². The van der Waals surface area contributed by atoms with E-state index in [0.717, 1.165) is 33.8 Å². The number of amides is 1. The first-order valence-electron chi connectivity index (χ1n) is 7.98. The fraction of sp³-hybridized carbons (Fsp3) is 0.316. The fourth-order valence-corrected chi connectivity index (χ4v) is 3.02. The van der Waals surface area contributed by atoms with Crippen LogP contribution in [0.4, 0.5) is 0 Å². The van der Waals surface area contributed by atoms with Crippen LogP contribution in [0.25, 0.3) is 11.0 Å². The van der Waals surface area contributed by atoms with Gasteiger partial charge in [0.15, 0.2) is 0 Å². The standard InChI is InChI=1S/C19H21NO4/c1-12(5-8-18(20)21)19-15-10-13(22-2)6-7-16(15)24-17(19)11-14-4-3-9-23-14/h3-4,6-7,9-10,12H,5,8,11H2,1-2H3,(H2,20,21). The van der Waals surface area contributed by atoms with Gasteiger partial charge in [0.25, 0.3) is 0 Å². The van der Waals surface area contributed by atoms with Gasteiger partial charge < -0.3 is 19.3 Å². The summed E-state index contributed by atoms with van der Waals surface area (Å²) < 4.78 is 16.9. The first kappa shape index (κ1) is 16.2. The summed E-state index contributed by atoms with van der Waals surface area (Å²) in [4.78, 5) is 11.1. The van der Waals surface area contributed by atoms with Crippen LogP contribution < -0.4 is 10.5 Å². The SMILES string of the molecule is COc1ccc2oc(Cc3ccco3)c(C(C)CCC(N)=O)c2c1. The maximum Gasteiger partial charge on any atom is 0.217 e. The van der Waals surface area contributed by atoms with E-state index in [1.165, 1.54) is 0 Å². The number of carbonyl (C=O) groups excluding carboxylic acids is 1. The second kappa shape index (κ2) is 6.83. The van der Waals surface area contributed by atoms with Gasteiger partial charge in [-0.15, -0.1) is 0 Å². The molecule has 1 aromatic carbocycles. The lowest BCUT2D eigenvalue weighted by atomic mass is 9.92. The van der Waals surface area contributed by atoms with Crippen molar-refractivity contribution in [2.24, 2.45) is 5.73 Å². The van der Waals surface area contributed by atoms with Gasteiger partial charge in [-0.1, -0.05) is 6.92 Å². The lowest BCUT2D eigenvalue weighted by Gasteiger charge is -2.11. The van der Waals surface area contributed by atoms with Crippen molar-refractivity contribution in [1.82, 2.24) is 0 Å². The first-order valence-corrected chi connectivity index (χ1v) is 7.98. The molecule has 0 aliphatic carbocycles. The quantitative estimate of drug-likeness (QED) is 0.711. The lowest BCUT2D eigenvalue weighted by molar-refractivity contribution is -0.118. The summed E-state index contributed by atoms with van der Waals surface area (Å²) in [5, 5.41) is 1.01. The molecule has 1 amide bonds. The predicted molar refractivity (Wildman–Crippen MR) is 91.1 cm³/mol. The largest absolute Gasteiger partial charge is 0.497 e. The van der Waals surface area contributed by atoms with Crippen LogP contribution >= 0.6 is 0 Å². The molecule has 24 heavy (non-hydrogen) atoms. The maximum atomic E-state index is 11.1. The van der Waals surface area contributed by atoms with Gasteiger partial charge >= 0.3 is 0 Å². The van der Waals surface area contributed by atoms with E-state index >= 15 is 0 Å². The molecule has 2 N–H and O–H groups in total. The molecule has 0 aliphatic rings. The van der Waals surface area contributed by atoms with E-state index in [1.807, 2.05) is 30.3 Å². The smallest absolute Gasteiger partial charge is 0.217 e. The van der Waals surface area contributed by atoms with Gasteiger partial charge in [-0.25, -0.2) is 0 Å². The van der Waals surface area contributed by atoms with E-state index in [1.54, 1.807) is 13.4 Å². The molecule has 0 aliphatic heterocycles. The van der Waals surface area contributed by atoms with E-state index in [0.29, 0.717) is 19.3 Å².